The number of ether oxygens (including phenoxy) is 1. The highest BCUT2D eigenvalue weighted by atomic mass is 35.5. The number of carbonyl (C=O) groups excluding carboxylic acids is 1. The van der Waals surface area contributed by atoms with Crippen LogP contribution in [0.1, 0.15) is 12.8 Å². The molecule has 5 nitrogen and oxygen atoms in total. The second kappa shape index (κ2) is 6.47. The van der Waals surface area contributed by atoms with Gasteiger partial charge in [-0.05, 0) is 12.1 Å². The summed E-state index contributed by atoms with van der Waals surface area (Å²) in [6.45, 7) is 0. The molecule has 1 aromatic carbocycles. The fourth-order valence-electron chi connectivity index (χ4n) is 1.27. The lowest BCUT2D eigenvalue weighted by atomic mass is 10.2. The molecule has 0 saturated heterocycles. The summed E-state index contributed by atoms with van der Waals surface area (Å²) in [4.78, 5) is 21.7. The number of carboxylic acids is 1. The smallest absolute Gasteiger partial charge is 0.303 e. The Hall–Kier alpha value is -1.46. The Morgan fingerprint density at radius 2 is 1.83 bits per heavy atom. The number of rotatable bonds is 5. The van der Waals surface area contributed by atoms with Gasteiger partial charge in [0.15, 0.2) is 5.75 Å². The van der Waals surface area contributed by atoms with Gasteiger partial charge in [-0.1, -0.05) is 23.2 Å². The van der Waals surface area contributed by atoms with E-state index in [1.54, 1.807) is 0 Å². The van der Waals surface area contributed by atoms with Crippen LogP contribution in [0.15, 0.2) is 12.1 Å². The molecule has 1 amide bonds. The molecule has 2 N–H and O–H groups in total. The lowest BCUT2D eigenvalue weighted by Gasteiger charge is -2.09. The van der Waals surface area contributed by atoms with Crippen LogP contribution in [0.3, 0.4) is 0 Å². The van der Waals surface area contributed by atoms with Crippen LogP contribution < -0.4 is 10.1 Å². The monoisotopic (exact) mass is 291 g/mol. The molecule has 7 heteroatoms. The fourth-order valence-corrected chi connectivity index (χ4v) is 1.91. The molecule has 0 aliphatic carbocycles. The molecule has 18 heavy (non-hydrogen) atoms. The van der Waals surface area contributed by atoms with Gasteiger partial charge in [0, 0.05) is 12.1 Å². The van der Waals surface area contributed by atoms with Crippen molar-refractivity contribution in [3.05, 3.63) is 22.2 Å². The molecule has 0 saturated carbocycles. The molecule has 98 valence electrons. The second-order valence-electron chi connectivity index (χ2n) is 3.42. The zero-order chi connectivity index (χ0) is 13.7. The minimum absolute atomic E-state index is 0.114. The van der Waals surface area contributed by atoms with E-state index in [1.165, 1.54) is 19.2 Å². The van der Waals surface area contributed by atoms with Gasteiger partial charge in [0.25, 0.3) is 0 Å². The maximum absolute atomic E-state index is 11.4. The predicted molar refractivity (Wildman–Crippen MR) is 68.5 cm³/mol. The van der Waals surface area contributed by atoms with Crippen LogP contribution in [0, 0.1) is 0 Å². The molecular weight excluding hydrogens is 281 g/mol. The summed E-state index contributed by atoms with van der Waals surface area (Å²) in [5, 5.41) is 11.5. The van der Waals surface area contributed by atoms with Crippen molar-refractivity contribution in [2.45, 2.75) is 12.8 Å². The first-order chi connectivity index (χ1) is 8.43. The quantitative estimate of drug-likeness (QED) is 0.875. The van der Waals surface area contributed by atoms with Gasteiger partial charge in [-0.15, -0.1) is 0 Å². The number of nitrogens with one attached hydrogen (secondary N) is 1. The minimum atomic E-state index is -1.03. The van der Waals surface area contributed by atoms with Crippen molar-refractivity contribution in [3.8, 4) is 5.75 Å². The van der Waals surface area contributed by atoms with Gasteiger partial charge in [-0.25, -0.2) is 0 Å². The van der Waals surface area contributed by atoms with E-state index in [0.29, 0.717) is 11.4 Å². The van der Waals surface area contributed by atoms with Crippen molar-refractivity contribution < 1.29 is 19.4 Å². The van der Waals surface area contributed by atoms with Crippen LogP contribution in [-0.2, 0) is 9.59 Å². The SMILES string of the molecule is COc1c(Cl)cc(NC(=O)CCC(=O)O)cc1Cl. The summed E-state index contributed by atoms with van der Waals surface area (Å²) in [6.07, 6.45) is -0.347. The third kappa shape index (κ3) is 4.09. The van der Waals surface area contributed by atoms with E-state index in [1.807, 2.05) is 0 Å². The Bertz CT molecular complexity index is 453. The summed E-state index contributed by atoms with van der Waals surface area (Å²) < 4.78 is 4.96. The van der Waals surface area contributed by atoms with Gasteiger partial charge in [0.2, 0.25) is 5.91 Å². The lowest BCUT2D eigenvalue weighted by Crippen LogP contribution is -2.13. The van der Waals surface area contributed by atoms with Gasteiger partial charge >= 0.3 is 5.97 Å². The maximum Gasteiger partial charge on any atom is 0.303 e. The van der Waals surface area contributed by atoms with Crippen LogP contribution in [-0.4, -0.2) is 24.1 Å². The number of hydrogen-bond donors (Lipinski definition) is 2. The molecule has 0 unspecified atom stereocenters. The molecule has 0 atom stereocenters. The first-order valence-electron chi connectivity index (χ1n) is 4.98. The maximum atomic E-state index is 11.4. The second-order valence-corrected chi connectivity index (χ2v) is 4.23. The van der Waals surface area contributed by atoms with Crippen molar-refractivity contribution in [1.82, 2.24) is 0 Å². The molecule has 1 aromatic rings. The number of hydrogen-bond acceptors (Lipinski definition) is 3. The average Bonchev–Trinajstić information content (AvgIpc) is 2.26. The van der Waals surface area contributed by atoms with Gasteiger partial charge in [-0.3, -0.25) is 9.59 Å². The highest BCUT2D eigenvalue weighted by Crippen LogP contribution is 2.35. The third-order valence-electron chi connectivity index (χ3n) is 2.05. The predicted octanol–water partition coefficient (Wildman–Crippen LogP) is 2.81. The molecule has 1 rings (SSSR count). The molecule has 0 radical (unpaired) electrons. The molecule has 0 fully saturated rings. The standard InChI is InChI=1S/C11H11Cl2NO4/c1-18-11-7(12)4-6(5-8(11)13)14-9(15)2-3-10(16)17/h4-5H,2-3H2,1H3,(H,14,15)(H,16,17). The highest BCUT2D eigenvalue weighted by molar-refractivity contribution is 6.37. The molecule has 0 bridgehead atoms. The minimum Gasteiger partial charge on any atom is -0.494 e. The average molecular weight is 292 g/mol. The summed E-state index contributed by atoms with van der Waals surface area (Å²) in [6, 6.07) is 2.95. The van der Waals surface area contributed by atoms with Crippen molar-refractivity contribution in [2.24, 2.45) is 0 Å². The highest BCUT2D eigenvalue weighted by Gasteiger charge is 2.11. The van der Waals surface area contributed by atoms with E-state index in [9.17, 15) is 9.59 Å². The molecule has 0 aliphatic heterocycles. The van der Waals surface area contributed by atoms with Crippen LogP contribution in [0.25, 0.3) is 0 Å². The Labute approximate surface area is 114 Å². The normalized spacial score (nSPS) is 9.94. The van der Waals surface area contributed by atoms with Crippen molar-refractivity contribution in [3.63, 3.8) is 0 Å². The van der Waals surface area contributed by atoms with Crippen LogP contribution in [0.2, 0.25) is 10.0 Å². The summed E-state index contributed by atoms with van der Waals surface area (Å²) in [5.74, 6) is -1.13. The summed E-state index contributed by atoms with van der Waals surface area (Å²) >= 11 is 11.8. The van der Waals surface area contributed by atoms with Gasteiger partial charge in [0.05, 0.1) is 23.6 Å². The van der Waals surface area contributed by atoms with Crippen molar-refractivity contribution >= 4 is 40.8 Å². The first kappa shape index (κ1) is 14.6. The van der Waals surface area contributed by atoms with Crippen molar-refractivity contribution in [1.29, 1.82) is 0 Å². The number of methoxy groups -OCH3 is 1. The lowest BCUT2D eigenvalue weighted by molar-refractivity contribution is -0.138. The fraction of sp³-hybridized carbons (Fsp3) is 0.273. The number of anilines is 1. The van der Waals surface area contributed by atoms with Crippen LogP contribution in [0.4, 0.5) is 5.69 Å². The first-order valence-corrected chi connectivity index (χ1v) is 5.74. The van der Waals surface area contributed by atoms with Crippen LogP contribution >= 0.6 is 23.2 Å². The number of amides is 1. The Balaban J connectivity index is 2.74. The molecular formula is C11H11Cl2NO4. The molecule has 0 aromatic heterocycles. The van der Waals surface area contributed by atoms with E-state index in [0.717, 1.165) is 0 Å². The van der Waals surface area contributed by atoms with Gasteiger partial charge in [0.1, 0.15) is 0 Å². The van der Waals surface area contributed by atoms with Gasteiger partial charge in [-0.2, -0.15) is 0 Å². The molecule has 0 spiro atoms. The number of benzene rings is 1. The van der Waals surface area contributed by atoms with E-state index < -0.39 is 11.9 Å². The topological polar surface area (TPSA) is 75.6 Å². The number of carbonyl (C=O) groups is 2. The molecule has 0 aliphatic rings. The molecule has 0 heterocycles. The van der Waals surface area contributed by atoms with Crippen LogP contribution in [0.5, 0.6) is 5.75 Å². The Morgan fingerprint density at radius 1 is 1.28 bits per heavy atom. The number of carboxylic acid groups (broad SMARTS) is 1. The zero-order valence-electron chi connectivity index (χ0n) is 9.50. The summed E-state index contributed by atoms with van der Waals surface area (Å²) in [5.41, 5.74) is 0.390. The third-order valence-corrected chi connectivity index (χ3v) is 2.61. The van der Waals surface area contributed by atoms with E-state index >= 15 is 0 Å². The van der Waals surface area contributed by atoms with E-state index in [4.69, 9.17) is 33.0 Å². The zero-order valence-corrected chi connectivity index (χ0v) is 11.0. The largest absolute Gasteiger partial charge is 0.494 e. The Kier molecular flexibility index (Phi) is 5.25. The Morgan fingerprint density at radius 3 is 2.28 bits per heavy atom. The van der Waals surface area contributed by atoms with Crippen molar-refractivity contribution in [2.75, 3.05) is 12.4 Å². The summed E-state index contributed by atoms with van der Waals surface area (Å²) in [7, 11) is 1.43. The van der Waals surface area contributed by atoms with E-state index in [2.05, 4.69) is 5.32 Å². The number of halogens is 2. The van der Waals surface area contributed by atoms with Gasteiger partial charge < -0.3 is 15.2 Å². The number of aliphatic carboxylic acids is 1. The van der Waals surface area contributed by atoms with E-state index in [-0.39, 0.29) is 22.9 Å².